The lowest BCUT2D eigenvalue weighted by molar-refractivity contribution is 0.983. The molecule has 0 amide bonds. The summed E-state index contributed by atoms with van der Waals surface area (Å²) >= 11 is 4.24. The van der Waals surface area contributed by atoms with E-state index in [1.165, 1.54) is 12.8 Å². The van der Waals surface area contributed by atoms with Crippen LogP contribution >= 0.6 is 37.2 Å². The normalized spacial score (nSPS) is 18.5. The second-order valence-corrected chi connectivity index (χ2v) is 1.68. The molecule has 1 rings (SSSR count). The van der Waals surface area contributed by atoms with Crippen molar-refractivity contribution in [3.8, 4) is 0 Å². The Bertz CT molecular complexity index is 24.7. The second-order valence-electron chi connectivity index (χ2n) is 1.68. The first kappa shape index (κ1) is 7.46. The highest BCUT2D eigenvalue weighted by atomic mass is 128. The van der Waals surface area contributed by atoms with Crippen LogP contribution in [0.2, 0.25) is 0 Å². The van der Waals surface area contributed by atoms with Gasteiger partial charge in [0.2, 0.25) is 0 Å². The lowest BCUT2D eigenvalue weighted by atomic mass is 10.5. The van der Waals surface area contributed by atoms with E-state index in [0.29, 0.717) is 0 Å². The van der Waals surface area contributed by atoms with Crippen LogP contribution in [0.3, 0.4) is 0 Å². The zero-order valence-electron chi connectivity index (χ0n) is 3.75. The topological polar surface area (TPSA) is 0 Å². The van der Waals surface area contributed by atoms with Crippen LogP contribution in [-0.2, 0) is 0 Å². The Kier molecular flexibility index (Phi) is 5.74. The third-order valence-electron chi connectivity index (χ3n) is 0.866. The van der Waals surface area contributed by atoms with Crippen LogP contribution in [0.15, 0.2) is 0 Å². The maximum Gasteiger partial charge on any atom is 0 e. The van der Waals surface area contributed by atoms with Gasteiger partial charge in [-0.05, 0) is 5.92 Å². The van der Waals surface area contributed by atoms with Crippen LogP contribution in [0.1, 0.15) is 19.8 Å². The molecule has 6 heavy (non-hydrogen) atoms. The maximum absolute atomic E-state index is 2.28. The smallest absolute Gasteiger partial charge is 0 e. The number of hydrogen-bond acceptors (Lipinski definition) is 0. The monoisotopic (exact) mass is 310 g/mol. The van der Waals surface area contributed by atoms with Crippen molar-refractivity contribution in [1.29, 1.82) is 0 Å². The van der Waals surface area contributed by atoms with Crippen molar-refractivity contribution in [2.45, 2.75) is 19.8 Å². The van der Waals surface area contributed by atoms with Crippen molar-refractivity contribution in [3.63, 3.8) is 0 Å². The maximum atomic E-state index is 2.28. The first-order valence-corrected chi connectivity index (χ1v) is 8.32. The fourth-order valence-corrected chi connectivity index (χ4v) is 0.167. The van der Waals surface area contributed by atoms with Gasteiger partial charge in [-0.15, -0.1) is 0 Å². The Labute approximate surface area is 62.4 Å². The van der Waals surface area contributed by atoms with E-state index in [1.54, 1.807) is 0 Å². The van der Waals surface area contributed by atoms with Crippen molar-refractivity contribution in [3.05, 3.63) is 0 Å². The summed E-state index contributed by atoms with van der Waals surface area (Å²) in [6.07, 6.45) is 2.97. The van der Waals surface area contributed by atoms with E-state index in [-0.39, 0.29) is 0 Å². The number of rotatable bonds is 0. The van der Waals surface area contributed by atoms with Gasteiger partial charge in [0.05, 0.1) is 0 Å². The fourth-order valence-electron chi connectivity index (χ4n) is 0.167. The van der Waals surface area contributed by atoms with Gasteiger partial charge < -0.3 is 0 Å². The zero-order chi connectivity index (χ0) is 4.99. The molecule has 1 saturated carbocycles. The largest absolute Gasteiger partial charge is 0.0625 e. The molecule has 0 bridgehead atoms. The fraction of sp³-hybridized carbons (Fsp3) is 1.00. The molecule has 38 valence electrons. The molecular formula is C4H8I2. The van der Waals surface area contributed by atoms with Crippen molar-refractivity contribution in [2.75, 3.05) is 0 Å². The highest BCUT2D eigenvalue weighted by Crippen LogP contribution is 2.26. The molecule has 1 aliphatic rings. The predicted octanol–water partition coefficient (Wildman–Crippen LogP) is 3.19. The first-order valence-electron chi connectivity index (χ1n) is 2.04. The van der Waals surface area contributed by atoms with Gasteiger partial charge in [0, 0.05) is 37.2 Å². The SMILES string of the molecule is CC1CC1.II. The minimum Gasteiger partial charge on any atom is -0.0625 e. The second kappa shape index (κ2) is 4.61. The van der Waals surface area contributed by atoms with Crippen LogP contribution in [0.25, 0.3) is 0 Å². The molecule has 0 N–H and O–H groups in total. The summed E-state index contributed by atoms with van der Waals surface area (Å²) in [6.45, 7) is 2.28. The van der Waals surface area contributed by atoms with E-state index in [1.807, 2.05) is 0 Å². The summed E-state index contributed by atoms with van der Waals surface area (Å²) in [6, 6.07) is 0. The average Bonchev–Trinajstić information content (AvgIpc) is 2.30. The van der Waals surface area contributed by atoms with Gasteiger partial charge in [-0.2, -0.15) is 0 Å². The van der Waals surface area contributed by atoms with E-state index in [9.17, 15) is 0 Å². The van der Waals surface area contributed by atoms with Crippen LogP contribution < -0.4 is 0 Å². The summed E-state index contributed by atoms with van der Waals surface area (Å²) in [5, 5.41) is 0. The van der Waals surface area contributed by atoms with E-state index in [0.717, 1.165) is 5.92 Å². The van der Waals surface area contributed by atoms with Gasteiger partial charge in [0.15, 0.2) is 0 Å². The molecule has 2 heteroatoms. The minimum absolute atomic E-state index is 1.08. The predicted molar refractivity (Wildman–Crippen MR) is 46.4 cm³/mol. The highest BCUT2D eigenvalue weighted by Gasteiger charge is 2.12. The molecule has 0 atom stereocenters. The van der Waals surface area contributed by atoms with Gasteiger partial charge in [-0.3, -0.25) is 0 Å². The molecule has 0 aromatic rings. The molecular weight excluding hydrogens is 302 g/mol. The van der Waals surface area contributed by atoms with Crippen LogP contribution in [0.4, 0.5) is 0 Å². The molecule has 0 nitrogen and oxygen atoms in total. The molecule has 0 spiro atoms. The molecule has 0 radical (unpaired) electrons. The highest BCUT2D eigenvalue weighted by molar-refractivity contribution is 15.0. The average molecular weight is 310 g/mol. The van der Waals surface area contributed by atoms with Gasteiger partial charge in [-0.25, -0.2) is 0 Å². The van der Waals surface area contributed by atoms with Crippen molar-refractivity contribution < 1.29 is 0 Å². The van der Waals surface area contributed by atoms with Gasteiger partial charge >= 0.3 is 0 Å². The molecule has 0 unspecified atom stereocenters. The lowest BCUT2D eigenvalue weighted by Crippen LogP contribution is -1.42. The van der Waals surface area contributed by atoms with Crippen LogP contribution in [-0.4, -0.2) is 0 Å². The third-order valence-corrected chi connectivity index (χ3v) is 0.866. The molecule has 0 heterocycles. The van der Waals surface area contributed by atoms with Crippen LogP contribution in [0, 0.1) is 5.92 Å². The molecule has 0 saturated heterocycles. The van der Waals surface area contributed by atoms with Gasteiger partial charge in [-0.1, -0.05) is 19.8 Å². The number of hydrogen-bond donors (Lipinski definition) is 0. The van der Waals surface area contributed by atoms with E-state index < -0.39 is 0 Å². The van der Waals surface area contributed by atoms with E-state index >= 15 is 0 Å². The molecule has 1 fully saturated rings. The Morgan fingerprint density at radius 1 is 1.33 bits per heavy atom. The van der Waals surface area contributed by atoms with Gasteiger partial charge in [0.25, 0.3) is 0 Å². The standard InChI is InChI=1S/C4H8.I2/c1-4-2-3-4;1-2/h4H,2-3H2,1H3;. The summed E-state index contributed by atoms with van der Waals surface area (Å²) in [4.78, 5) is 0. The van der Waals surface area contributed by atoms with E-state index in [4.69, 9.17) is 0 Å². The first-order chi connectivity index (χ1) is 2.89. The third kappa shape index (κ3) is 5.46. The molecule has 0 aromatic heterocycles. The van der Waals surface area contributed by atoms with Crippen molar-refractivity contribution in [2.24, 2.45) is 5.92 Å². The summed E-state index contributed by atoms with van der Waals surface area (Å²) in [5.41, 5.74) is 0. The zero-order valence-corrected chi connectivity index (χ0v) is 8.06. The van der Waals surface area contributed by atoms with Crippen LogP contribution in [0.5, 0.6) is 0 Å². The molecule has 0 aliphatic heterocycles. The van der Waals surface area contributed by atoms with Crippen molar-refractivity contribution in [1.82, 2.24) is 0 Å². The Morgan fingerprint density at radius 2 is 1.50 bits per heavy atom. The quantitative estimate of drug-likeness (QED) is 0.603. The summed E-state index contributed by atoms with van der Waals surface area (Å²) in [5.74, 6) is 1.08. The number of halogens is 2. The van der Waals surface area contributed by atoms with Gasteiger partial charge in [0.1, 0.15) is 0 Å². The minimum atomic E-state index is 1.08. The van der Waals surface area contributed by atoms with E-state index in [2.05, 4.69) is 44.2 Å². The van der Waals surface area contributed by atoms with Crippen molar-refractivity contribution >= 4 is 37.2 Å². The lowest BCUT2D eigenvalue weighted by Gasteiger charge is -1.53. The molecule has 1 aliphatic carbocycles. The Morgan fingerprint density at radius 3 is 1.50 bits per heavy atom. The molecule has 0 aromatic carbocycles. The summed E-state index contributed by atoms with van der Waals surface area (Å²) < 4.78 is 0. The summed E-state index contributed by atoms with van der Waals surface area (Å²) in [7, 11) is 0. The Hall–Kier alpha value is 1.46. The Balaban J connectivity index is 0.000000112.